The summed E-state index contributed by atoms with van der Waals surface area (Å²) in [5.41, 5.74) is 0.796. The van der Waals surface area contributed by atoms with Crippen molar-refractivity contribution >= 4 is 45.2 Å². The van der Waals surface area contributed by atoms with Crippen LogP contribution in [0.4, 0.5) is 0 Å². The average molecular weight is 323 g/mol. The van der Waals surface area contributed by atoms with Gasteiger partial charge in [-0.2, -0.15) is 5.10 Å². The van der Waals surface area contributed by atoms with Crippen LogP contribution in [0, 0.1) is 3.83 Å². The van der Waals surface area contributed by atoms with Gasteiger partial charge in [-0.25, -0.2) is 14.6 Å². The number of nitrogens with zero attached hydrogens (tertiary/aromatic N) is 4. The Kier molecular flexibility index (Phi) is 2.61. The van der Waals surface area contributed by atoms with Crippen LogP contribution < -0.4 is 0 Å². The molecule has 2 aromatic rings. The Balaban J connectivity index is 2.78. The molecule has 2 rings (SSSR count). The van der Waals surface area contributed by atoms with Crippen molar-refractivity contribution < 1.29 is 0 Å². The van der Waals surface area contributed by atoms with Crippen LogP contribution in [0.25, 0.3) is 11.0 Å². The van der Waals surface area contributed by atoms with Crippen LogP contribution >= 0.6 is 34.2 Å². The van der Waals surface area contributed by atoms with Gasteiger partial charge in [-0.15, -0.1) is 0 Å². The zero-order valence-electron chi connectivity index (χ0n) is 7.70. The van der Waals surface area contributed by atoms with Crippen molar-refractivity contribution in [1.29, 1.82) is 0 Å². The summed E-state index contributed by atoms with van der Waals surface area (Å²) < 4.78 is 2.48. The summed E-state index contributed by atoms with van der Waals surface area (Å²) in [5, 5.41) is 5.49. The van der Waals surface area contributed by atoms with Crippen LogP contribution in [0.1, 0.15) is 19.9 Å². The first-order valence-corrected chi connectivity index (χ1v) is 5.61. The summed E-state index contributed by atoms with van der Waals surface area (Å²) in [6, 6.07) is 0.272. The Labute approximate surface area is 99.8 Å². The lowest BCUT2D eigenvalue weighted by molar-refractivity contribution is 0.546. The first-order valence-electron chi connectivity index (χ1n) is 4.16. The molecule has 0 amide bonds. The third kappa shape index (κ3) is 1.58. The number of rotatable bonds is 1. The maximum absolute atomic E-state index is 5.97. The molecule has 74 valence electrons. The van der Waals surface area contributed by atoms with Gasteiger partial charge < -0.3 is 0 Å². The second-order valence-corrected chi connectivity index (χ2v) is 4.53. The van der Waals surface area contributed by atoms with E-state index in [-0.39, 0.29) is 6.04 Å². The van der Waals surface area contributed by atoms with Gasteiger partial charge in [0.05, 0.1) is 11.6 Å². The Bertz CT molecular complexity index is 479. The Morgan fingerprint density at radius 1 is 1.43 bits per heavy atom. The zero-order chi connectivity index (χ0) is 10.3. The van der Waals surface area contributed by atoms with Gasteiger partial charge >= 0.3 is 0 Å². The standard InChI is InChI=1S/C8H8ClIN4/c1-4(2)14-7-5(3-11-14)6(9)12-8(10)13-7/h3-4H,1-2H3. The van der Waals surface area contributed by atoms with Gasteiger partial charge in [0.25, 0.3) is 0 Å². The molecule has 0 unspecified atom stereocenters. The van der Waals surface area contributed by atoms with Crippen molar-refractivity contribution in [3.05, 3.63) is 15.2 Å². The molecule has 2 aromatic heterocycles. The Morgan fingerprint density at radius 3 is 2.79 bits per heavy atom. The predicted molar refractivity (Wildman–Crippen MR) is 63.4 cm³/mol. The molecular formula is C8H8ClIN4. The van der Waals surface area contributed by atoms with Crippen molar-refractivity contribution in [2.24, 2.45) is 0 Å². The van der Waals surface area contributed by atoms with Crippen LogP contribution in [-0.2, 0) is 0 Å². The van der Waals surface area contributed by atoms with Gasteiger partial charge in [-0.05, 0) is 13.8 Å². The predicted octanol–water partition coefficient (Wildman–Crippen LogP) is 2.67. The van der Waals surface area contributed by atoms with Crippen molar-refractivity contribution in [2.45, 2.75) is 19.9 Å². The number of hydrogen-bond acceptors (Lipinski definition) is 3. The van der Waals surface area contributed by atoms with Gasteiger partial charge in [0.1, 0.15) is 5.15 Å². The van der Waals surface area contributed by atoms with E-state index in [0.29, 0.717) is 8.98 Å². The summed E-state index contributed by atoms with van der Waals surface area (Å²) in [4.78, 5) is 8.37. The van der Waals surface area contributed by atoms with Gasteiger partial charge in [0, 0.05) is 28.6 Å². The highest BCUT2D eigenvalue weighted by Crippen LogP contribution is 2.22. The molecule has 0 saturated heterocycles. The minimum Gasteiger partial charge on any atom is -0.245 e. The maximum Gasteiger partial charge on any atom is 0.194 e. The van der Waals surface area contributed by atoms with Crippen LogP contribution in [0.5, 0.6) is 0 Å². The lowest BCUT2D eigenvalue weighted by Gasteiger charge is -2.05. The number of fused-ring (bicyclic) bond motifs is 1. The van der Waals surface area contributed by atoms with Gasteiger partial charge in [-0.1, -0.05) is 11.6 Å². The molecule has 0 N–H and O–H groups in total. The lowest BCUT2D eigenvalue weighted by Crippen LogP contribution is -2.04. The van der Waals surface area contributed by atoms with Crippen LogP contribution in [0.2, 0.25) is 5.15 Å². The molecule has 0 aliphatic rings. The molecule has 0 radical (unpaired) electrons. The second-order valence-electron chi connectivity index (χ2n) is 3.20. The highest BCUT2D eigenvalue weighted by atomic mass is 127. The summed E-state index contributed by atoms with van der Waals surface area (Å²) >= 11 is 8.01. The molecule has 0 bridgehead atoms. The van der Waals surface area contributed by atoms with E-state index >= 15 is 0 Å². The first kappa shape index (κ1) is 10.1. The summed E-state index contributed by atoms with van der Waals surface area (Å²) in [7, 11) is 0. The molecule has 6 heteroatoms. The molecule has 14 heavy (non-hydrogen) atoms. The molecule has 0 spiro atoms. The average Bonchev–Trinajstić information content (AvgIpc) is 2.47. The molecule has 4 nitrogen and oxygen atoms in total. The third-order valence-electron chi connectivity index (χ3n) is 1.87. The quantitative estimate of drug-likeness (QED) is 0.460. The van der Waals surface area contributed by atoms with Crippen LogP contribution in [-0.4, -0.2) is 19.7 Å². The van der Waals surface area contributed by atoms with Gasteiger partial charge in [0.15, 0.2) is 9.48 Å². The van der Waals surface area contributed by atoms with Crippen LogP contribution in [0.3, 0.4) is 0 Å². The molecule has 2 heterocycles. The third-order valence-corrected chi connectivity index (χ3v) is 2.64. The smallest absolute Gasteiger partial charge is 0.194 e. The number of aromatic nitrogens is 4. The van der Waals surface area contributed by atoms with E-state index in [1.54, 1.807) is 6.20 Å². The van der Waals surface area contributed by atoms with E-state index in [0.717, 1.165) is 11.0 Å². The fourth-order valence-electron chi connectivity index (χ4n) is 1.24. The largest absolute Gasteiger partial charge is 0.245 e. The molecule has 0 atom stereocenters. The lowest BCUT2D eigenvalue weighted by atomic mass is 10.4. The minimum atomic E-state index is 0.272. The van der Waals surface area contributed by atoms with Gasteiger partial charge in [0.2, 0.25) is 0 Å². The van der Waals surface area contributed by atoms with Crippen LogP contribution in [0.15, 0.2) is 6.20 Å². The fraction of sp³-hybridized carbons (Fsp3) is 0.375. The topological polar surface area (TPSA) is 43.6 Å². The van der Waals surface area contributed by atoms with E-state index in [9.17, 15) is 0 Å². The normalized spacial score (nSPS) is 11.5. The molecule has 0 fully saturated rings. The van der Waals surface area contributed by atoms with Crippen molar-refractivity contribution in [2.75, 3.05) is 0 Å². The van der Waals surface area contributed by atoms with E-state index in [1.165, 1.54) is 0 Å². The zero-order valence-corrected chi connectivity index (χ0v) is 10.6. The van der Waals surface area contributed by atoms with Crippen molar-refractivity contribution in [3.63, 3.8) is 0 Å². The highest BCUT2D eigenvalue weighted by molar-refractivity contribution is 14.1. The molecule has 0 aromatic carbocycles. The Morgan fingerprint density at radius 2 is 2.14 bits per heavy atom. The second kappa shape index (κ2) is 3.62. The maximum atomic E-state index is 5.97. The highest BCUT2D eigenvalue weighted by Gasteiger charge is 2.11. The van der Waals surface area contributed by atoms with Gasteiger partial charge in [-0.3, -0.25) is 0 Å². The Hall–Kier alpha value is -0.430. The molecule has 0 saturated carbocycles. The number of hydrogen-bond donors (Lipinski definition) is 0. The molecule has 0 aliphatic carbocycles. The minimum absolute atomic E-state index is 0.272. The summed E-state index contributed by atoms with van der Waals surface area (Å²) in [6.07, 6.45) is 1.70. The summed E-state index contributed by atoms with van der Waals surface area (Å²) in [6.45, 7) is 4.10. The van der Waals surface area contributed by atoms with Crippen molar-refractivity contribution in [1.82, 2.24) is 19.7 Å². The summed E-state index contributed by atoms with van der Waals surface area (Å²) in [5.74, 6) is 0. The fourth-order valence-corrected chi connectivity index (χ4v) is 2.07. The van der Waals surface area contributed by atoms with E-state index in [1.807, 2.05) is 27.3 Å². The van der Waals surface area contributed by atoms with E-state index < -0.39 is 0 Å². The molecular weight excluding hydrogens is 314 g/mol. The van der Waals surface area contributed by atoms with Crippen molar-refractivity contribution in [3.8, 4) is 0 Å². The molecule has 0 aliphatic heterocycles. The monoisotopic (exact) mass is 322 g/mol. The van der Waals surface area contributed by atoms with E-state index in [4.69, 9.17) is 11.6 Å². The SMILES string of the molecule is CC(C)n1ncc2c(Cl)nc(I)nc21. The van der Waals surface area contributed by atoms with E-state index in [2.05, 4.69) is 28.9 Å². The first-order chi connectivity index (χ1) is 6.59. The number of halogens is 2.